The van der Waals surface area contributed by atoms with Crippen LogP contribution in [0.25, 0.3) is 0 Å². The van der Waals surface area contributed by atoms with Crippen LogP contribution in [0.5, 0.6) is 0 Å². The second-order valence-electron chi connectivity index (χ2n) is 1.83. The van der Waals surface area contributed by atoms with Crippen molar-refractivity contribution in [1.82, 2.24) is 0 Å². The van der Waals surface area contributed by atoms with E-state index in [1.165, 1.54) is 6.20 Å². The van der Waals surface area contributed by atoms with Crippen LogP contribution < -0.4 is 27.4 Å². The molecule has 0 fully saturated rings. The van der Waals surface area contributed by atoms with E-state index in [4.69, 9.17) is 11.1 Å². The molecule has 0 aliphatic rings. The molecular formula is C6H7BrN3OS-. The summed E-state index contributed by atoms with van der Waals surface area (Å²) in [5, 5.41) is 18.1. The molecule has 1 rings (SSSR count). The number of hydrogen-bond acceptors (Lipinski definition) is 3. The van der Waals surface area contributed by atoms with Gasteiger partial charge in [-0.25, -0.2) is 0 Å². The van der Waals surface area contributed by atoms with Gasteiger partial charge in [-0.2, -0.15) is 4.73 Å². The summed E-state index contributed by atoms with van der Waals surface area (Å²) in [6.07, 6.45) is 1.37. The average Bonchev–Trinajstić information content (AvgIpc) is 1.93. The van der Waals surface area contributed by atoms with Crippen molar-refractivity contribution in [2.75, 3.05) is 0 Å². The van der Waals surface area contributed by atoms with Crippen LogP contribution in [0.3, 0.4) is 0 Å². The van der Waals surface area contributed by atoms with Gasteiger partial charge in [0.1, 0.15) is 0 Å². The summed E-state index contributed by atoms with van der Waals surface area (Å²) >= 11 is 0.937. The molecule has 0 saturated carbocycles. The lowest BCUT2D eigenvalue weighted by molar-refractivity contribution is -0.645. The fraction of sp³-hybridized carbons (Fsp3) is 0. The third kappa shape index (κ3) is 3.10. The molecule has 1 aromatic heterocycles. The third-order valence-corrected chi connectivity index (χ3v) is 1.75. The molecule has 0 atom stereocenters. The quantitative estimate of drug-likeness (QED) is 0.187. The highest BCUT2D eigenvalue weighted by Crippen LogP contribution is 2.10. The van der Waals surface area contributed by atoms with Crippen molar-refractivity contribution in [3.05, 3.63) is 29.6 Å². The molecule has 0 aliphatic heterocycles. The first kappa shape index (κ1) is 11.2. The standard InChI is InChI=1S/C6H7N3OS.BrH/c7-6(8)11-5-3-1-2-4-9(5)10;/h1-4H,(H3,7,8);1H/p-1. The maximum atomic E-state index is 10.9. The molecule has 1 aromatic rings. The molecule has 0 radical (unpaired) electrons. The molecule has 0 spiro atoms. The van der Waals surface area contributed by atoms with Crippen LogP contribution in [0.4, 0.5) is 0 Å². The molecule has 0 amide bonds. The van der Waals surface area contributed by atoms with E-state index in [9.17, 15) is 5.21 Å². The van der Waals surface area contributed by atoms with E-state index in [2.05, 4.69) is 0 Å². The number of aromatic nitrogens is 1. The van der Waals surface area contributed by atoms with E-state index >= 15 is 0 Å². The molecule has 0 unspecified atom stereocenters. The zero-order valence-corrected chi connectivity index (χ0v) is 8.43. The van der Waals surface area contributed by atoms with Gasteiger partial charge >= 0.3 is 0 Å². The summed E-state index contributed by atoms with van der Waals surface area (Å²) in [5.41, 5.74) is 5.09. The average molecular weight is 249 g/mol. The number of hydrogen-bond donors (Lipinski definition) is 2. The van der Waals surface area contributed by atoms with Gasteiger partial charge in [-0.3, -0.25) is 5.41 Å². The number of halogens is 1. The molecule has 66 valence electrons. The predicted octanol–water partition coefficient (Wildman–Crippen LogP) is -2.69. The van der Waals surface area contributed by atoms with E-state index in [0.717, 1.165) is 11.8 Å². The number of pyridine rings is 1. The van der Waals surface area contributed by atoms with Crippen LogP contribution >= 0.6 is 11.8 Å². The molecule has 0 bridgehead atoms. The number of nitrogens with two attached hydrogens (primary N) is 1. The monoisotopic (exact) mass is 248 g/mol. The SMILES string of the molecule is N=C(N)Sc1cccc[n+]1[O-].[Br-]. The van der Waals surface area contributed by atoms with Crippen molar-refractivity contribution in [2.24, 2.45) is 5.73 Å². The van der Waals surface area contributed by atoms with Crippen LogP contribution in [-0.2, 0) is 0 Å². The summed E-state index contributed by atoms with van der Waals surface area (Å²) < 4.78 is 0.673. The number of thioether (sulfide) groups is 1. The number of nitrogens with zero attached hydrogens (tertiary/aromatic N) is 1. The maximum absolute atomic E-state index is 10.9. The molecule has 3 N–H and O–H groups in total. The Hall–Kier alpha value is -0.750. The minimum atomic E-state index is -0.0826. The Kier molecular flexibility index (Phi) is 4.68. The Morgan fingerprint density at radius 3 is 2.75 bits per heavy atom. The van der Waals surface area contributed by atoms with Crippen LogP contribution in [0, 0.1) is 10.6 Å². The lowest BCUT2D eigenvalue weighted by atomic mass is 10.5. The molecule has 4 nitrogen and oxygen atoms in total. The van der Waals surface area contributed by atoms with Crippen molar-refractivity contribution >= 4 is 16.9 Å². The van der Waals surface area contributed by atoms with Gasteiger partial charge in [0.25, 0.3) is 5.03 Å². The zero-order chi connectivity index (χ0) is 8.27. The minimum absolute atomic E-state index is 0. The maximum Gasteiger partial charge on any atom is 0.259 e. The van der Waals surface area contributed by atoms with Gasteiger partial charge in [0.15, 0.2) is 11.4 Å². The van der Waals surface area contributed by atoms with Gasteiger partial charge in [-0.05, 0) is 6.07 Å². The smallest absolute Gasteiger partial charge is 0.259 e. The largest absolute Gasteiger partial charge is 1.00 e. The first-order valence-electron chi connectivity index (χ1n) is 2.90. The van der Waals surface area contributed by atoms with Crippen molar-refractivity contribution in [3.8, 4) is 0 Å². The molecule has 1 heterocycles. The summed E-state index contributed by atoms with van der Waals surface area (Å²) in [7, 11) is 0. The van der Waals surface area contributed by atoms with Gasteiger partial charge in [-0.1, -0.05) is 0 Å². The minimum Gasteiger partial charge on any atom is -1.00 e. The number of amidine groups is 1. The van der Waals surface area contributed by atoms with Crippen molar-refractivity contribution < 1.29 is 21.7 Å². The molecule has 0 aromatic carbocycles. The molecule has 12 heavy (non-hydrogen) atoms. The molecule has 6 heteroatoms. The highest BCUT2D eigenvalue weighted by Gasteiger charge is 2.04. The van der Waals surface area contributed by atoms with E-state index in [0.29, 0.717) is 9.76 Å². The Labute approximate surface area is 84.6 Å². The zero-order valence-electron chi connectivity index (χ0n) is 6.03. The van der Waals surface area contributed by atoms with Gasteiger partial charge in [0.05, 0.1) is 0 Å². The number of rotatable bonds is 1. The Morgan fingerprint density at radius 2 is 2.25 bits per heavy atom. The van der Waals surface area contributed by atoms with Crippen LogP contribution in [0.2, 0.25) is 0 Å². The fourth-order valence-electron chi connectivity index (χ4n) is 0.604. The second kappa shape index (κ2) is 5.00. The van der Waals surface area contributed by atoms with Crippen molar-refractivity contribution in [3.63, 3.8) is 0 Å². The topological polar surface area (TPSA) is 76.8 Å². The van der Waals surface area contributed by atoms with E-state index in [1.54, 1.807) is 18.2 Å². The van der Waals surface area contributed by atoms with Gasteiger partial charge in [0, 0.05) is 23.9 Å². The Morgan fingerprint density at radius 1 is 1.58 bits per heavy atom. The van der Waals surface area contributed by atoms with Gasteiger partial charge in [0.2, 0.25) is 0 Å². The fourth-order valence-corrected chi connectivity index (χ4v) is 1.13. The summed E-state index contributed by atoms with van der Waals surface area (Å²) in [4.78, 5) is 0. The first-order valence-corrected chi connectivity index (χ1v) is 3.72. The Balaban J connectivity index is 0.00000121. The molecule has 0 aliphatic carbocycles. The number of nitrogens with one attached hydrogen (secondary N) is 1. The lowest BCUT2D eigenvalue weighted by Gasteiger charge is -2.00. The van der Waals surface area contributed by atoms with Crippen molar-refractivity contribution in [2.45, 2.75) is 5.03 Å². The summed E-state index contributed by atoms with van der Waals surface area (Å²) in [6.45, 7) is 0. The van der Waals surface area contributed by atoms with Crippen LogP contribution in [-0.4, -0.2) is 5.17 Å². The Bertz CT molecular complexity index is 281. The molecule has 0 saturated heterocycles. The summed E-state index contributed by atoms with van der Waals surface area (Å²) in [5.74, 6) is 0. The third-order valence-electron chi connectivity index (χ3n) is 1.00. The van der Waals surface area contributed by atoms with E-state index in [-0.39, 0.29) is 22.1 Å². The normalized spacial score (nSPS) is 8.67. The van der Waals surface area contributed by atoms with E-state index in [1.807, 2.05) is 0 Å². The van der Waals surface area contributed by atoms with Crippen molar-refractivity contribution in [1.29, 1.82) is 5.41 Å². The highest BCUT2D eigenvalue weighted by atomic mass is 79.9. The first-order chi connectivity index (χ1) is 5.20. The van der Waals surface area contributed by atoms with Crippen LogP contribution in [0.1, 0.15) is 0 Å². The molecular weight excluding hydrogens is 242 g/mol. The second-order valence-corrected chi connectivity index (χ2v) is 2.89. The highest BCUT2D eigenvalue weighted by molar-refractivity contribution is 8.13. The lowest BCUT2D eigenvalue weighted by Crippen LogP contribution is -3.00. The van der Waals surface area contributed by atoms with E-state index < -0.39 is 0 Å². The van der Waals surface area contributed by atoms with Gasteiger partial charge < -0.3 is 27.9 Å². The van der Waals surface area contributed by atoms with Crippen LogP contribution in [0.15, 0.2) is 29.4 Å². The van der Waals surface area contributed by atoms with Gasteiger partial charge in [-0.15, -0.1) is 0 Å². The summed E-state index contributed by atoms with van der Waals surface area (Å²) in [6, 6.07) is 4.95. The predicted molar refractivity (Wildman–Crippen MR) is 43.2 cm³/mol.